The number of benzene rings is 1. The second-order valence-electron chi connectivity index (χ2n) is 5.25. The lowest BCUT2D eigenvalue weighted by atomic mass is 10.2. The highest BCUT2D eigenvalue weighted by Gasteiger charge is 2.26. The van der Waals surface area contributed by atoms with Crippen molar-refractivity contribution in [3.05, 3.63) is 47.3 Å². The van der Waals surface area contributed by atoms with Crippen LogP contribution in [-0.2, 0) is 14.8 Å². The number of amides is 1. The first-order valence-corrected chi connectivity index (χ1v) is 11.1. The molecule has 0 radical (unpaired) electrons. The molecule has 0 spiro atoms. The van der Waals surface area contributed by atoms with Crippen LogP contribution in [0, 0.1) is 6.92 Å². The van der Waals surface area contributed by atoms with Gasteiger partial charge < -0.3 is 5.32 Å². The van der Waals surface area contributed by atoms with Crippen molar-refractivity contribution in [2.24, 2.45) is 0 Å². The topological polar surface area (TPSA) is 75.3 Å². The van der Waals surface area contributed by atoms with Crippen molar-refractivity contribution in [2.75, 3.05) is 17.3 Å². The summed E-state index contributed by atoms with van der Waals surface area (Å²) in [6.07, 6.45) is 2.34. The third kappa shape index (κ3) is 5.34. The van der Waals surface area contributed by atoms with Gasteiger partial charge in [-0.25, -0.2) is 8.42 Å². The highest BCUT2D eigenvalue weighted by Crippen LogP contribution is 2.17. The Morgan fingerprint density at radius 2 is 2.08 bits per heavy atom. The molecule has 2 rings (SSSR count). The Balaban J connectivity index is 2.13. The predicted molar refractivity (Wildman–Crippen MR) is 101 cm³/mol. The van der Waals surface area contributed by atoms with Crippen molar-refractivity contribution in [3.8, 4) is 0 Å². The molecule has 0 unspecified atom stereocenters. The summed E-state index contributed by atoms with van der Waals surface area (Å²) in [7, 11) is -3.69. The molecule has 5 nitrogen and oxygen atoms in total. The fraction of sp³-hybridized carbons (Fsp3) is 0.312. The van der Waals surface area contributed by atoms with Gasteiger partial charge in [0, 0.05) is 5.69 Å². The van der Waals surface area contributed by atoms with Crippen LogP contribution < -0.4 is 10.0 Å². The van der Waals surface area contributed by atoms with Crippen LogP contribution in [0.15, 0.2) is 46.0 Å². The van der Waals surface area contributed by atoms with Crippen molar-refractivity contribution in [3.63, 3.8) is 0 Å². The summed E-state index contributed by atoms with van der Waals surface area (Å²) in [5.74, 6) is 0.327. The molecule has 2 N–H and O–H groups in total. The van der Waals surface area contributed by atoms with Gasteiger partial charge in [-0.1, -0.05) is 18.2 Å². The Morgan fingerprint density at radius 3 is 2.71 bits per heavy atom. The second kappa shape index (κ2) is 8.66. The number of thiophene rings is 1. The third-order valence-electron chi connectivity index (χ3n) is 3.27. The maximum atomic E-state index is 12.5. The van der Waals surface area contributed by atoms with Crippen molar-refractivity contribution in [1.82, 2.24) is 4.72 Å². The molecule has 1 amide bonds. The molecule has 0 aliphatic heterocycles. The minimum atomic E-state index is -3.69. The lowest BCUT2D eigenvalue weighted by molar-refractivity contribution is -0.117. The Labute approximate surface area is 150 Å². The highest BCUT2D eigenvalue weighted by atomic mass is 32.2. The van der Waals surface area contributed by atoms with Crippen molar-refractivity contribution in [1.29, 1.82) is 0 Å². The summed E-state index contributed by atoms with van der Waals surface area (Å²) < 4.78 is 27.5. The number of sulfonamides is 1. The van der Waals surface area contributed by atoms with Gasteiger partial charge in [-0.15, -0.1) is 11.3 Å². The van der Waals surface area contributed by atoms with Crippen LogP contribution in [0.25, 0.3) is 0 Å². The molecule has 0 saturated heterocycles. The van der Waals surface area contributed by atoms with Gasteiger partial charge in [-0.2, -0.15) is 16.5 Å². The fourth-order valence-corrected chi connectivity index (χ4v) is 4.80. The quantitative estimate of drug-likeness (QED) is 0.733. The standard InChI is InChI=1S/C16H20N2O3S3/c1-12-5-3-6-13(11-12)17-16(19)14(8-10-22-2)18-24(20,21)15-7-4-9-23-15/h3-7,9,11,14,18H,8,10H2,1-2H3,(H,17,19)/t14-/m1/s1. The van der Waals surface area contributed by atoms with Crippen LogP contribution >= 0.6 is 23.1 Å². The van der Waals surface area contributed by atoms with Crippen LogP contribution in [0.3, 0.4) is 0 Å². The molecule has 24 heavy (non-hydrogen) atoms. The van der Waals surface area contributed by atoms with Crippen LogP contribution in [0.2, 0.25) is 0 Å². The molecule has 130 valence electrons. The molecular weight excluding hydrogens is 364 g/mol. The summed E-state index contributed by atoms with van der Waals surface area (Å²) in [5, 5.41) is 4.48. The van der Waals surface area contributed by atoms with E-state index in [4.69, 9.17) is 0 Å². The summed E-state index contributed by atoms with van der Waals surface area (Å²) in [6, 6.07) is 9.78. The summed E-state index contributed by atoms with van der Waals surface area (Å²) >= 11 is 2.69. The molecule has 0 aliphatic rings. The van der Waals surface area contributed by atoms with Gasteiger partial charge in [-0.05, 0) is 54.5 Å². The number of anilines is 1. The molecular formula is C16H20N2O3S3. The normalized spacial score (nSPS) is 12.8. The summed E-state index contributed by atoms with van der Waals surface area (Å²) in [6.45, 7) is 1.93. The zero-order valence-electron chi connectivity index (χ0n) is 13.5. The Morgan fingerprint density at radius 1 is 1.29 bits per heavy atom. The molecule has 1 aromatic carbocycles. The monoisotopic (exact) mass is 384 g/mol. The van der Waals surface area contributed by atoms with Gasteiger partial charge in [0.1, 0.15) is 10.3 Å². The fourth-order valence-electron chi connectivity index (χ4n) is 2.09. The maximum Gasteiger partial charge on any atom is 0.250 e. The summed E-state index contributed by atoms with van der Waals surface area (Å²) in [4.78, 5) is 12.5. The number of carbonyl (C=O) groups is 1. The molecule has 0 fully saturated rings. The first-order valence-electron chi connectivity index (χ1n) is 7.34. The largest absolute Gasteiger partial charge is 0.325 e. The van der Waals surface area contributed by atoms with E-state index in [1.807, 2.05) is 31.4 Å². The van der Waals surface area contributed by atoms with E-state index >= 15 is 0 Å². The minimum Gasteiger partial charge on any atom is -0.325 e. The number of aryl methyl sites for hydroxylation is 1. The van der Waals surface area contributed by atoms with Crippen LogP contribution in [0.1, 0.15) is 12.0 Å². The van der Waals surface area contributed by atoms with Gasteiger partial charge >= 0.3 is 0 Å². The van der Waals surface area contributed by atoms with E-state index in [1.54, 1.807) is 29.3 Å². The summed E-state index contributed by atoms with van der Waals surface area (Å²) in [5.41, 5.74) is 1.68. The molecule has 1 atom stereocenters. The number of nitrogens with one attached hydrogen (secondary N) is 2. The Kier molecular flexibility index (Phi) is 6.85. The second-order valence-corrected chi connectivity index (χ2v) is 9.12. The number of hydrogen-bond donors (Lipinski definition) is 2. The molecule has 1 aromatic heterocycles. The smallest absolute Gasteiger partial charge is 0.250 e. The number of thioether (sulfide) groups is 1. The van der Waals surface area contributed by atoms with E-state index in [1.165, 1.54) is 6.07 Å². The first kappa shape index (κ1) is 19.0. The molecule has 1 heterocycles. The predicted octanol–water partition coefficient (Wildman–Crippen LogP) is 3.10. The van der Waals surface area contributed by atoms with Gasteiger partial charge in [0.2, 0.25) is 5.91 Å². The van der Waals surface area contributed by atoms with Crippen LogP contribution in [0.5, 0.6) is 0 Å². The van der Waals surface area contributed by atoms with Crippen molar-refractivity contribution in [2.45, 2.75) is 23.6 Å². The molecule has 0 bridgehead atoms. The van der Waals surface area contributed by atoms with E-state index in [0.717, 1.165) is 16.9 Å². The maximum absolute atomic E-state index is 12.5. The molecule has 0 saturated carbocycles. The van der Waals surface area contributed by atoms with Crippen LogP contribution in [0.4, 0.5) is 5.69 Å². The molecule has 2 aromatic rings. The average Bonchev–Trinajstić information content (AvgIpc) is 3.06. The van der Waals surface area contributed by atoms with Gasteiger partial charge in [0.15, 0.2) is 0 Å². The van der Waals surface area contributed by atoms with E-state index in [9.17, 15) is 13.2 Å². The van der Waals surface area contributed by atoms with E-state index in [0.29, 0.717) is 17.9 Å². The first-order chi connectivity index (χ1) is 11.4. The van der Waals surface area contributed by atoms with Gasteiger partial charge in [-0.3, -0.25) is 4.79 Å². The van der Waals surface area contributed by atoms with Gasteiger partial charge in [0.25, 0.3) is 10.0 Å². The lowest BCUT2D eigenvalue weighted by Crippen LogP contribution is -2.43. The zero-order chi connectivity index (χ0) is 17.6. The highest BCUT2D eigenvalue weighted by molar-refractivity contribution is 7.98. The molecule has 0 aliphatic carbocycles. The Bertz CT molecular complexity index is 774. The lowest BCUT2D eigenvalue weighted by Gasteiger charge is -2.18. The van der Waals surface area contributed by atoms with E-state index in [-0.39, 0.29) is 10.1 Å². The van der Waals surface area contributed by atoms with E-state index in [2.05, 4.69) is 10.0 Å². The van der Waals surface area contributed by atoms with E-state index < -0.39 is 16.1 Å². The SMILES string of the molecule is CSCC[C@@H](NS(=O)(=O)c1cccs1)C(=O)Nc1cccc(C)c1. The molecule has 8 heteroatoms. The Hall–Kier alpha value is -1.35. The number of rotatable bonds is 8. The van der Waals surface area contributed by atoms with Crippen LogP contribution in [-0.4, -0.2) is 32.4 Å². The third-order valence-corrected chi connectivity index (χ3v) is 6.78. The zero-order valence-corrected chi connectivity index (χ0v) is 15.9. The van der Waals surface area contributed by atoms with Crippen molar-refractivity contribution < 1.29 is 13.2 Å². The van der Waals surface area contributed by atoms with Crippen molar-refractivity contribution >= 4 is 44.7 Å². The number of carbonyl (C=O) groups excluding carboxylic acids is 1. The number of hydrogen-bond acceptors (Lipinski definition) is 5. The average molecular weight is 385 g/mol. The minimum absolute atomic E-state index is 0.208. The van der Waals surface area contributed by atoms with Gasteiger partial charge in [0.05, 0.1) is 0 Å².